The van der Waals surface area contributed by atoms with Crippen molar-refractivity contribution in [2.75, 3.05) is 38.8 Å². The molecule has 132 valence electrons. The molecule has 2 aromatic rings. The first-order valence-corrected chi connectivity index (χ1v) is 8.22. The number of aliphatic hydroxyl groups excluding tert-OH is 1. The molecule has 6 nitrogen and oxygen atoms in total. The smallest absolute Gasteiger partial charge is 0.322 e. The van der Waals surface area contributed by atoms with Gasteiger partial charge in [0.05, 0.1) is 38.7 Å². The summed E-state index contributed by atoms with van der Waals surface area (Å²) in [5.74, 6) is 0.757. The van der Waals surface area contributed by atoms with Gasteiger partial charge in [-0.2, -0.15) is 0 Å². The van der Waals surface area contributed by atoms with Crippen molar-refractivity contribution >= 4 is 11.7 Å². The van der Waals surface area contributed by atoms with Crippen LogP contribution in [0.3, 0.4) is 0 Å². The molecule has 6 heteroatoms. The Bertz CT molecular complexity index is 735. The van der Waals surface area contributed by atoms with Gasteiger partial charge in [0.2, 0.25) is 0 Å². The first kappa shape index (κ1) is 17.3. The summed E-state index contributed by atoms with van der Waals surface area (Å²) in [4.78, 5) is 14.3. The van der Waals surface area contributed by atoms with Gasteiger partial charge < -0.3 is 24.8 Å². The van der Waals surface area contributed by atoms with Gasteiger partial charge >= 0.3 is 6.03 Å². The van der Waals surface area contributed by atoms with Crippen molar-refractivity contribution in [3.05, 3.63) is 48.5 Å². The molecule has 0 aromatic heterocycles. The number of benzene rings is 2. The molecule has 0 radical (unpaired) electrons. The number of amides is 2. The molecule has 0 bridgehead atoms. The second-order valence-electron chi connectivity index (χ2n) is 5.81. The number of methoxy groups -OCH3 is 1. The number of carbonyl (C=O) groups excluding carboxylic acids is 1. The van der Waals surface area contributed by atoms with E-state index in [2.05, 4.69) is 5.32 Å². The van der Waals surface area contributed by atoms with Crippen LogP contribution in [0.15, 0.2) is 48.5 Å². The molecule has 25 heavy (non-hydrogen) atoms. The summed E-state index contributed by atoms with van der Waals surface area (Å²) in [6.45, 7) is 1.16. The third kappa shape index (κ3) is 3.92. The Balaban J connectivity index is 1.84. The highest BCUT2D eigenvalue weighted by molar-refractivity contribution is 5.94. The van der Waals surface area contributed by atoms with Crippen LogP contribution in [0.1, 0.15) is 0 Å². The zero-order valence-corrected chi connectivity index (χ0v) is 14.1. The molecule has 0 unspecified atom stereocenters. The number of morpholine rings is 1. The van der Waals surface area contributed by atoms with Crippen molar-refractivity contribution in [1.82, 2.24) is 4.90 Å². The van der Waals surface area contributed by atoms with Gasteiger partial charge in [-0.05, 0) is 23.8 Å². The second-order valence-corrected chi connectivity index (χ2v) is 5.81. The lowest BCUT2D eigenvalue weighted by Gasteiger charge is -2.34. The number of hydrogen-bond acceptors (Lipinski definition) is 4. The number of aliphatic hydroxyl groups is 1. The Morgan fingerprint density at radius 2 is 2.16 bits per heavy atom. The lowest BCUT2D eigenvalue weighted by Crippen LogP contribution is -2.52. The summed E-state index contributed by atoms with van der Waals surface area (Å²) in [5.41, 5.74) is 2.57. The number of rotatable bonds is 4. The molecule has 1 fully saturated rings. The minimum absolute atomic E-state index is 0.120. The standard InChI is InChI=1S/C19H22N2O4/c1-24-16-6-4-5-14(11-16)17-7-2-3-8-18(17)20-19(23)21-9-10-25-13-15(21)12-22/h2-8,11,15,22H,9-10,12-13H2,1H3,(H,20,23)/t15-/m0/s1. The van der Waals surface area contributed by atoms with E-state index in [0.717, 1.165) is 16.9 Å². The van der Waals surface area contributed by atoms with Crippen molar-refractivity contribution < 1.29 is 19.4 Å². The molecule has 1 aliphatic rings. The maximum atomic E-state index is 12.7. The Kier molecular flexibility index (Phi) is 5.53. The minimum atomic E-state index is -0.322. The van der Waals surface area contributed by atoms with Crippen LogP contribution in [0.2, 0.25) is 0 Å². The van der Waals surface area contributed by atoms with E-state index < -0.39 is 0 Å². The first-order chi connectivity index (χ1) is 12.2. The van der Waals surface area contributed by atoms with E-state index in [9.17, 15) is 9.90 Å². The number of para-hydroxylation sites is 1. The first-order valence-electron chi connectivity index (χ1n) is 8.22. The quantitative estimate of drug-likeness (QED) is 0.896. The highest BCUT2D eigenvalue weighted by Crippen LogP contribution is 2.30. The van der Waals surface area contributed by atoms with Gasteiger partial charge in [-0.3, -0.25) is 0 Å². The molecule has 2 N–H and O–H groups in total. The van der Waals surface area contributed by atoms with Crippen LogP contribution in [0.25, 0.3) is 11.1 Å². The topological polar surface area (TPSA) is 71.0 Å². The van der Waals surface area contributed by atoms with E-state index in [4.69, 9.17) is 9.47 Å². The van der Waals surface area contributed by atoms with E-state index in [1.54, 1.807) is 12.0 Å². The Morgan fingerprint density at radius 1 is 1.32 bits per heavy atom. The van der Waals surface area contributed by atoms with Gasteiger partial charge in [0.1, 0.15) is 5.75 Å². The van der Waals surface area contributed by atoms with Crippen molar-refractivity contribution in [2.24, 2.45) is 0 Å². The van der Waals surface area contributed by atoms with E-state index in [1.807, 2.05) is 48.5 Å². The molecule has 3 rings (SSSR count). The van der Waals surface area contributed by atoms with Crippen LogP contribution in [-0.4, -0.2) is 55.6 Å². The van der Waals surface area contributed by atoms with Crippen molar-refractivity contribution in [2.45, 2.75) is 6.04 Å². The third-order valence-corrected chi connectivity index (χ3v) is 4.25. The lowest BCUT2D eigenvalue weighted by molar-refractivity contribution is -0.00484. The van der Waals surface area contributed by atoms with Crippen LogP contribution >= 0.6 is 0 Å². The molecule has 0 aliphatic carbocycles. The summed E-state index contributed by atoms with van der Waals surface area (Å²) in [5, 5.41) is 12.4. The average molecular weight is 342 g/mol. The number of urea groups is 1. The Morgan fingerprint density at radius 3 is 2.96 bits per heavy atom. The zero-order chi connectivity index (χ0) is 17.6. The monoisotopic (exact) mass is 342 g/mol. The highest BCUT2D eigenvalue weighted by atomic mass is 16.5. The van der Waals surface area contributed by atoms with E-state index in [1.165, 1.54) is 0 Å². The van der Waals surface area contributed by atoms with E-state index in [0.29, 0.717) is 25.4 Å². The summed E-state index contributed by atoms with van der Waals surface area (Å²) in [6, 6.07) is 14.7. The maximum absolute atomic E-state index is 12.7. The minimum Gasteiger partial charge on any atom is -0.497 e. The number of carbonyl (C=O) groups is 1. The molecule has 1 heterocycles. The molecule has 0 spiro atoms. The number of hydrogen-bond donors (Lipinski definition) is 2. The second kappa shape index (κ2) is 8.00. The molecule has 0 saturated carbocycles. The van der Waals surface area contributed by atoms with Crippen LogP contribution in [0.5, 0.6) is 5.75 Å². The van der Waals surface area contributed by atoms with Gasteiger partial charge in [-0.25, -0.2) is 4.79 Å². The Hall–Kier alpha value is -2.57. The summed E-state index contributed by atoms with van der Waals surface area (Å²) < 4.78 is 10.6. The highest BCUT2D eigenvalue weighted by Gasteiger charge is 2.27. The third-order valence-electron chi connectivity index (χ3n) is 4.25. The van der Waals surface area contributed by atoms with Crippen molar-refractivity contribution in [3.63, 3.8) is 0 Å². The summed E-state index contributed by atoms with van der Waals surface area (Å²) >= 11 is 0. The SMILES string of the molecule is COc1cccc(-c2ccccc2NC(=O)N2CCOC[C@@H]2CO)c1. The van der Waals surface area contributed by atoms with E-state index >= 15 is 0 Å². The molecule has 1 saturated heterocycles. The molecule has 1 atom stereocenters. The molecular formula is C19H22N2O4. The average Bonchev–Trinajstić information content (AvgIpc) is 2.68. The van der Waals surface area contributed by atoms with Gasteiger partial charge in [-0.15, -0.1) is 0 Å². The van der Waals surface area contributed by atoms with Gasteiger partial charge in [-0.1, -0.05) is 30.3 Å². The maximum Gasteiger partial charge on any atom is 0.322 e. The van der Waals surface area contributed by atoms with Crippen LogP contribution in [-0.2, 0) is 4.74 Å². The summed E-state index contributed by atoms with van der Waals surface area (Å²) in [6.07, 6.45) is 0. The normalized spacial score (nSPS) is 17.2. The Labute approximate surface area is 147 Å². The van der Waals surface area contributed by atoms with Gasteiger partial charge in [0.15, 0.2) is 0 Å². The van der Waals surface area contributed by atoms with Crippen molar-refractivity contribution in [3.8, 4) is 16.9 Å². The van der Waals surface area contributed by atoms with Crippen LogP contribution in [0, 0.1) is 0 Å². The van der Waals surface area contributed by atoms with Gasteiger partial charge in [0, 0.05) is 12.1 Å². The molecule has 1 aliphatic heterocycles. The predicted molar refractivity (Wildman–Crippen MR) is 95.8 cm³/mol. The predicted octanol–water partition coefficient (Wildman–Crippen LogP) is 2.59. The number of nitrogens with one attached hydrogen (secondary N) is 1. The molecule has 2 aromatic carbocycles. The molecular weight excluding hydrogens is 320 g/mol. The fourth-order valence-electron chi connectivity index (χ4n) is 2.89. The largest absolute Gasteiger partial charge is 0.497 e. The number of anilines is 1. The zero-order valence-electron chi connectivity index (χ0n) is 14.1. The van der Waals surface area contributed by atoms with Crippen LogP contribution < -0.4 is 10.1 Å². The lowest BCUT2D eigenvalue weighted by atomic mass is 10.0. The summed E-state index contributed by atoms with van der Waals surface area (Å²) in [7, 11) is 1.63. The fourth-order valence-corrected chi connectivity index (χ4v) is 2.89. The number of ether oxygens (including phenoxy) is 2. The van der Waals surface area contributed by atoms with Crippen molar-refractivity contribution in [1.29, 1.82) is 0 Å². The van der Waals surface area contributed by atoms with Gasteiger partial charge in [0.25, 0.3) is 0 Å². The van der Waals surface area contributed by atoms with Crippen LogP contribution in [0.4, 0.5) is 10.5 Å². The molecule has 2 amide bonds. The van der Waals surface area contributed by atoms with E-state index in [-0.39, 0.29) is 18.7 Å². The fraction of sp³-hybridized carbons (Fsp3) is 0.316. The number of nitrogens with zero attached hydrogens (tertiary/aromatic N) is 1.